The highest BCUT2D eigenvalue weighted by Gasteiger charge is 2.31. The van der Waals surface area contributed by atoms with Gasteiger partial charge in [-0.05, 0) is 31.0 Å². The fraction of sp³-hybridized carbons (Fsp3) is 0.500. The predicted octanol–water partition coefficient (Wildman–Crippen LogP) is 5.04. The minimum Gasteiger partial charge on any atom is -0.387 e. The highest BCUT2D eigenvalue weighted by atomic mass is 79.9. The fourth-order valence-corrected chi connectivity index (χ4v) is 2.92. The van der Waals surface area contributed by atoms with E-state index >= 15 is 0 Å². The molecule has 0 aromatic heterocycles. The van der Waals surface area contributed by atoms with E-state index in [1.54, 1.807) is 6.07 Å². The number of amidine groups is 1. The fourth-order valence-electron chi connectivity index (χ4n) is 2.44. The van der Waals surface area contributed by atoms with Crippen LogP contribution in [0.2, 0.25) is 0 Å². The first-order valence-electron chi connectivity index (χ1n) is 6.58. The average molecular weight is 349 g/mol. The largest absolute Gasteiger partial charge is 0.416 e. The van der Waals surface area contributed by atoms with Crippen LogP contribution in [-0.2, 0) is 6.18 Å². The van der Waals surface area contributed by atoms with E-state index in [9.17, 15) is 13.2 Å². The molecule has 6 heteroatoms. The zero-order valence-electron chi connectivity index (χ0n) is 10.9. The molecule has 1 aliphatic carbocycles. The SMILES string of the molecule is NC(=Nc1cc(Br)cc(C(F)(F)F)c1)C1CCCCC1. The summed E-state index contributed by atoms with van der Waals surface area (Å²) in [6, 6.07) is 3.61. The van der Waals surface area contributed by atoms with Gasteiger partial charge in [0.15, 0.2) is 0 Å². The van der Waals surface area contributed by atoms with E-state index in [4.69, 9.17) is 5.73 Å². The summed E-state index contributed by atoms with van der Waals surface area (Å²) < 4.78 is 38.6. The molecule has 0 bridgehead atoms. The summed E-state index contributed by atoms with van der Waals surface area (Å²) in [6.45, 7) is 0. The van der Waals surface area contributed by atoms with Crippen LogP contribution in [0.15, 0.2) is 27.7 Å². The van der Waals surface area contributed by atoms with Crippen LogP contribution >= 0.6 is 15.9 Å². The molecule has 0 saturated heterocycles. The van der Waals surface area contributed by atoms with Gasteiger partial charge in [0, 0.05) is 10.4 Å². The molecule has 0 heterocycles. The van der Waals surface area contributed by atoms with Crippen molar-refractivity contribution >= 4 is 27.5 Å². The van der Waals surface area contributed by atoms with Crippen LogP contribution < -0.4 is 5.73 Å². The minimum atomic E-state index is -4.38. The number of hydrogen-bond donors (Lipinski definition) is 1. The van der Waals surface area contributed by atoms with Gasteiger partial charge in [-0.2, -0.15) is 13.2 Å². The molecule has 0 aliphatic heterocycles. The van der Waals surface area contributed by atoms with E-state index in [-0.39, 0.29) is 11.6 Å². The lowest BCUT2D eigenvalue weighted by Gasteiger charge is -2.21. The van der Waals surface area contributed by atoms with Crippen LogP contribution in [0.5, 0.6) is 0 Å². The van der Waals surface area contributed by atoms with E-state index in [2.05, 4.69) is 20.9 Å². The topological polar surface area (TPSA) is 38.4 Å². The van der Waals surface area contributed by atoms with Gasteiger partial charge in [-0.1, -0.05) is 35.2 Å². The number of halogens is 4. The van der Waals surface area contributed by atoms with Crippen molar-refractivity contribution in [2.45, 2.75) is 38.3 Å². The normalized spacial score (nSPS) is 18.3. The molecule has 110 valence electrons. The van der Waals surface area contributed by atoms with Crippen molar-refractivity contribution < 1.29 is 13.2 Å². The maximum atomic E-state index is 12.7. The Kier molecular flexibility index (Phi) is 4.73. The maximum absolute atomic E-state index is 12.7. The number of benzene rings is 1. The second-order valence-electron chi connectivity index (χ2n) is 5.07. The smallest absolute Gasteiger partial charge is 0.387 e. The van der Waals surface area contributed by atoms with E-state index in [1.165, 1.54) is 6.42 Å². The number of nitrogens with zero attached hydrogens (tertiary/aromatic N) is 1. The molecule has 1 aliphatic rings. The first-order valence-corrected chi connectivity index (χ1v) is 7.37. The summed E-state index contributed by atoms with van der Waals surface area (Å²) in [6.07, 6.45) is 0.956. The molecular formula is C14H16BrF3N2. The van der Waals surface area contributed by atoms with Crippen LogP contribution in [0, 0.1) is 5.92 Å². The summed E-state index contributed by atoms with van der Waals surface area (Å²) in [7, 11) is 0. The Morgan fingerprint density at radius 2 is 1.80 bits per heavy atom. The van der Waals surface area contributed by atoms with Crippen LogP contribution in [0.3, 0.4) is 0 Å². The lowest BCUT2D eigenvalue weighted by Crippen LogP contribution is -2.25. The quantitative estimate of drug-likeness (QED) is 0.590. The Balaban J connectivity index is 2.25. The molecule has 2 N–H and O–H groups in total. The van der Waals surface area contributed by atoms with Gasteiger partial charge in [0.25, 0.3) is 0 Å². The molecule has 1 fully saturated rings. The highest BCUT2D eigenvalue weighted by Crippen LogP contribution is 2.34. The molecule has 1 aromatic rings. The first-order chi connectivity index (χ1) is 9.36. The molecule has 0 amide bonds. The van der Waals surface area contributed by atoms with Crippen molar-refractivity contribution in [3.05, 3.63) is 28.2 Å². The van der Waals surface area contributed by atoms with Gasteiger partial charge in [-0.25, -0.2) is 4.99 Å². The van der Waals surface area contributed by atoms with E-state index in [1.807, 2.05) is 0 Å². The number of alkyl halides is 3. The molecule has 0 radical (unpaired) electrons. The van der Waals surface area contributed by atoms with Crippen LogP contribution in [0.1, 0.15) is 37.7 Å². The molecule has 20 heavy (non-hydrogen) atoms. The van der Waals surface area contributed by atoms with Crippen LogP contribution in [0.25, 0.3) is 0 Å². The zero-order valence-corrected chi connectivity index (χ0v) is 12.5. The third-order valence-corrected chi connectivity index (χ3v) is 3.95. The summed E-state index contributed by atoms with van der Waals surface area (Å²) in [4.78, 5) is 4.18. The molecule has 0 unspecified atom stereocenters. The monoisotopic (exact) mass is 348 g/mol. The maximum Gasteiger partial charge on any atom is 0.416 e. The summed E-state index contributed by atoms with van der Waals surface area (Å²) in [5.41, 5.74) is 5.47. The molecule has 0 spiro atoms. The number of nitrogens with two attached hydrogens (primary N) is 1. The number of aliphatic imine (C=N–C) groups is 1. The van der Waals surface area contributed by atoms with Crippen molar-refractivity contribution in [3.63, 3.8) is 0 Å². The Hall–Kier alpha value is -1.04. The highest BCUT2D eigenvalue weighted by molar-refractivity contribution is 9.10. The Labute approximate surface area is 124 Å². The summed E-state index contributed by atoms with van der Waals surface area (Å²) >= 11 is 3.08. The first kappa shape index (κ1) is 15.4. The van der Waals surface area contributed by atoms with Crippen molar-refractivity contribution in [1.82, 2.24) is 0 Å². The van der Waals surface area contributed by atoms with E-state index in [0.717, 1.165) is 37.8 Å². The predicted molar refractivity (Wildman–Crippen MR) is 77.0 cm³/mol. The Bertz CT molecular complexity index is 506. The zero-order chi connectivity index (χ0) is 14.8. The van der Waals surface area contributed by atoms with Crippen molar-refractivity contribution in [2.75, 3.05) is 0 Å². The van der Waals surface area contributed by atoms with Gasteiger partial charge in [-0.3, -0.25) is 0 Å². The van der Waals surface area contributed by atoms with Crippen LogP contribution in [0.4, 0.5) is 18.9 Å². The van der Waals surface area contributed by atoms with Gasteiger partial charge in [-0.15, -0.1) is 0 Å². The number of hydrogen-bond acceptors (Lipinski definition) is 1. The molecular weight excluding hydrogens is 333 g/mol. The molecule has 1 aromatic carbocycles. The van der Waals surface area contributed by atoms with Crippen molar-refractivity contribution in [1.29, 1.82) is 0 Å². The van der Waals surface area contributed by atoms with E-state index in [0.29, 0.717) is 10.3 Å². The average Bonchev–Trinajstić information content (AvgIpc) is 2.38. The van der Waals surface area contributed by atoms with Crippen LogP contribution in [-0.4, -0.2) is 5.84 Å². The molecule has 0 atom stereocenters. The second kappa shape index (κ2) is 6.16. The van der Waals surface area contributed by atoms with Crippen molar-refractivity contribution in [3.8, 4) is 0 Å². The van der Waals surface area contributed by atoms with Gasteiger partial charge in [0.1, 0.15) is 5.84 Å². The molecule has 2 nitrogen and oxygen atoms in total. The van der Waals surface area contributed by atoms with Gasteiger partial charge < -0.3 is 5.73 Å². The number of rotatable bonds is 2. The van der Waals surface area contributed by atoms with Gasteiger partial charge in [0.2, 0.25) is 0 Å². The van der Waals surface area contributed by atoms with Gasteiger partial charge >= 0.3 is 6.18 Å². The van der Waals surface area contributed by atoms with Crippen molar-refractivity contribution in [2.24, 2.45) is 16.6 Å². The van der Waals surface area contributed by atoms with Gasteiger partial charge in [0.05, 0.1) is 11.3 Å². The van der Waals surface area contributed by atoms with E-state index < -0.39 is 11.7 Å². The Morgan fingerprint density at radius 3 is 2.40 bits per heavy atom. The summed E-state index contributed by atoms with van der Waals surface area (Å²) in [5, 5.41) is 0. The minimum absolute atomic E-state index is 0.192. The Morgan fingerprint density at radius 1 is 1.15 bits per heavy atom. The molecule has 1 saturated carbocycles. The summed E-state index contributed by atoms with van der Waals surface area (Å²) in [5.74, 6) is 0.632. The third kappa shape index (κ3) is 3.98. The lowest BCUT2D eigenvalue weighted by molar-refractivity contribution is -0.137. The molecule has 2 rings (SSSR count). The lowest BCUT2D eigenvalue weighted by atomic mass is 9.88. The third-order valence-electron chi connectivity index (χ3n) is 3.49. The standard InChI is InChI=1S/C14H16BrF3N2/c15-11-6-10(14(16,17)18)7-12(8-11)20-13(19)9-4-2-1-3-5-9/h6-9H,1-5H2,(H2,19,20). The second-order valence-corrected chi connectivity index (χ2v) is 5.98.